The van der Waals surface area contributed by atoms with Gasteiger partial charge >= 0.3 is 5.97 Å². The van der Waals surface area contributed by atoms with Crippen molar-refractivity contribution in [2.24, 2.45) is 0 Å². The lowest BCUT2D eigenvalue weighted by Gasteiger charge is -2.26. The van der Waals surface area contributed by atoms with Crippen molar-refractivity contribution >= 4 is 17.7 Å². The topological polar surface area (TPSA) is 40.5 Å². The minimum Gasteiger partial charge on any atom is -0.478 e. The summed E-state index contributed by atoms with van der Waals surface area (Å²) in [6, 6.07) is 24.5. The number of carboxylic acid groups (broad SMARTS) is 1. The predicted molar refractivity (Wildman–Crippen MR) is 106 cm³/mol. The summed E-state index contributed by atoms with van der Waals surface area (Å²) >= 11 is 0. The van der Waals surface area contributed by atoms with Gasteiger partial charge in [-0.05, 0) is 41.0 Å². The van der Waals surface area contributed by atoms with E-state index in [2.05, 4.69) is 4.90 Å². The van der Waals surface area contributed by atoms with E-state index < -0.39 is 11.8 Å². The van der Waals surface area contributed by atoms with E-state index in [0.717, 1.165) is 17.2 Å². The summed E-state index contributed by atoms with van der Waals surface area (Å²) in [4.78, 5) is 12.8. The molecule has 4 heteroatoms. The van der Waals surface area contributed by atoms with E-state index in [-0.39, 0.29) is 0 Å². The molecule has 27 heavy (non-hydrogen) atoms. The lowest BCUT2D eigenvalue weighted by molar-refractivity contribution is -0.131. The van der Waals surface area contributed by atoms with Crippen LogP contribution in [0.2, 0.25) is 0 Å². The first kappa shape index (κ1) is 18.4. The van der Waals surface area contributed by atoms with Crippen molar-refractivity contribution in [3.8, 4) is 0 Å². The molecule has 0 heterocycles. The van der Waals surface area contributed by atoms with Crippen LogP contribution in [-0.4, -0.2) is 11.1 Å². The minimum absolute atomic E-state index is 0.399. The summed E-state index contributed by atoms with van der Waals surface area (Å²) in [5.74, 6) is -1.46. The standard InChI is InChI=1S/C23H20FNO2/c24-21-13-20(11-12-23(26)27)14-22(15-21)25(16-18-7-3-1-4-8-18)17-19-9-5-2-6-10-19/h1-15H,16-17H2,(H,26,27)/b12-11+. The van der Waals surface area contributed by atoms with Crippen molar-refractivity contribution in [3.63, 3.8) is 0 Å². The van der Waals surface area contributed by atoms with Gasteiger partial charge in [-0.15, -0.1) is 0 Å². The summed E-state index contributed by atoms with van der Waals surface area (Å²) in [5, 5.41) is 8.82. The number of carboxylic acids is 1. The second-order valence-corrected chi connectivity index (χ2v) is 6.24. The molecule has 1 N–H and O–H groups in total. The van der Waals surface area contributed by atoms with Gasteiger partial charge in [-0.2, -0.15) is 0 Å². The lowest BCUT2D eigenvalue weighted by Crippen LogP contribution is -2.22. The van der Waals surface area contributed by atoms with Crippen LogP contribution >= 0.6 is 0 Å². The Labute approximate surface area is 158 Å². The quantitative estimate of drug-likeness (QED) is 0.593. The highest BCUT2D eigenvalue weighted by Crippen LogP contribution is 2.24. The Hall–Kier alpha value is -3.40. The highest BCUT2D eigenvalue weighted by Gasteiger charge is 2.11. The van der Waals surface area contributed by atoms with Crippen LogP contribution in [-0.2, 0) is 17.9 Å². The third-order valence-electron chi connectivity index (χ3n) is 4.12. The average Bonchev–Trinajstić information content (AvgIpc) is 2.67. The van der Waals surface area contributed by atoms with Gasteiger partial charge in [0.15, 0.2) is 0 Å². The lowest BCUT2D eigenvalue weighted by atomic mass is 10.1. The summed E-state index contributed by atoms with van der Waals surface area (Å²) in [6.07, 6.45) is 2.41. The zero-order chi connectivity index (χ0) is 19.1. The fourth-order valence-corrected chi connectivity index (χ4v) is 2.89. The maximum Gasteiger partial charge on any atom is 0.328 e. The molecule has 0 bridgehead atoms. The summed E-state index contributed by atoms with van der Waals surface area (Å²) in [7, 11) is 0. The number of anilines is 1. The van der Waals surface area contributed by atoms with Crippen molar-refractivity contribution in [3.05, 3.63) is 107 Å². The fourth-order valence-electron chi connectivity index (χ4n) is 2.89. The van der Waals surface area contributed by atoms with E-state index in [0.29, 0.717) is 24.3 Å². The highest BCUT2D eigenvalue weighted by molar-refractivity contribution is 5.85. The molecular formula is C23H20FNO2. The van der Waals surface area contributed by atoms with Crippen molar-refractivity contribution in [2.45, 2.75) is 13.1 Å². The van der Waals surface area contributed by atoms with Crippen LogP contribution < -0.4 is 4.90 Å². The zero-order valence-electron chi connectivity index (χ0n) is 14.8. The van der Waals surface area contributed by atoms with Crippen LogP contribution in [0.5, 0.6) is 0 Å². The largest absolute Gasteiger partial charge is 0.478 e. The summed E-state index contributed by atoms with van der Waals surface area (Å²) in [5.41, 5.74) is 3.44. The number of carbonyl (C=O) groups is 1. The Morgan fingerprint density at radius 1 is 0.889 bits per heavy atom. The number of aliphatic carboxylic acids is 1. The van der Waals surface area contributed by atoms with Gasteiger partial charge in [0.25, 0.3) is 0 Å². The minimum atomic E-state index is -1.06. The molecule has 136 valence electrons. The van der Waals surface area contributed by atoms with Crippen molar-refractivity contribution in [1.82, 2.24) is 0 Å². The van der Waals surface area contributed by atoms with Crippen LogP contribution in [0.1, 0.15) is 16.7 Å². The smallest absolute Gasteiger partial charge is 0.328 e. The third-order valence-corrected chi connectivity index (χ3v) is 4.12. The van der Waals surface area contributed by atoms with Gasteiger partial charge < -0.3 is 10.0 Å². The Kier molecular flexibility index (Phi) is 6.00. The molecule has 3 nitrogen and oxygen atoms in total. The van der Waals surface area contributed by atoms with E-state index in [4.69, 9.17) is 5.11 Å². The first-order valence-electron chi connectivity index (χ1n) is 8.64. The molecule has 0 aromatic heterocycles. The van der Waals surface area contributed by atoms with E-state index in [1.54, 1.807) is 6.07 Å². The molecule has 0 aliphatic carbocycles. The summed E-state index contributed by atoms with van der Waals surface area (Å²) in [6.45, 7) is 1.22. The van der Waals surface area contributed by atoms with Gasteiger partial charge in [0.2, 0.25) is 0 Å². The second kappa shape index (κ2) is 8.81. The molecule has 0 atom stereocenters. The molecule has 0 saturated carbocycles. The highest BCUT2D eigenvalue weighted by atomic mass is 19.1. The molecule has 0 radical (unpaired) electrons. The van der Waals surface area contributed by atoms with E-state index in [1.165, 1.54) is 18.2 Å². The van der Waals surface area contributed by atoms with Gasteiger partial charge in [-0.1, -0.05) is 60.7 Å². The number of rotatable bonds is 7. The van der Waals surface area contributed by atoms with Crippen LogP contribution in [0.15, 0.2) is 84.9 Å². The molecule has 0 spiro atoms. The van der Waals surface area contributed by atoms with Gasteiger partial charge in [0.05, 0.1) is 0 Å². The molecule has 0 aliphatic rings. The number of benzene rings is 3. The van der Waals surface area contributed by atoms with Gasteiger partial charge in [-0.25, -0.2) is 9.18 Å². The molecule has 3 aromatic carbocycles. The van der Waals surface area contributed by atoms with Crippen LogP contribution in [0.25, 0.3) is 6.08 Å². The molecule has 0 amide bonds. The Morgan fingerprint density at radius 2 is 1.44 bits per heavy atom. The SMILES string of the molecule is O=C(O)/C=C/c1cc(F)cc(N(Cc2ccccc2)Cc2ccccc2)c1. The van der Waals surface area contributed by atoms with Gasteiger partial charge in [0, 0.05) is 24.9 Å². The Morgan fingerprint density at radius 3 is 1.96 bits per heavy atom. The summed E-state index contributed by atoms with van der Waals surface area (Å²) < 4.78 is 14.2. The maximum absolute atomic E-state index is 14.2. The maximum atomic E-state index is 14.2. The predicted octanol–water partition coefficient (Wildman–Crippen LogP) is 5.13. The van der Waals surface area contributed by atoms with E-state index in [9.17, 15) is 9.18 Å². The monoisotopic (exact) mass is 361 g/mol. The van der Waals surface area contributed by atoms with Crippen LogP contribution in [0.3, 0.4) is 0 Å². The van der Waals surface area contributed by atoms with Crippen molar-refractivity contribution in [1.29, 1.82) is 0 Å². The van der Waals surface area contributed by atoms with Gasteiger partial charge in [-0.3, -0.25) is 0 Å². The number of halogens is 1. The average molecular weight is 361 g/mol. The zero-order valence-corrected chi connectivity index (χ0v) is 14.8. The molecule has 0 saturated heterocycles. The molecular weight excluding hydrogens is 341 g/mol. The van der Waals surface area contributed by atoms with E-state index in [1.807, 2.05) is 60.7 Å². The molecule has 3 aromatic rings. The normalized spacial score (nSPS) is 10.9. The molecule has 3 rings (SSSR count). The van der Waals surface area contributed by atoms with Crippen LogP contribution in [0, 0.1) is 5.82 Å². The first-order valence-corrected chi connectivity index (χ1v) is 8.64. The Balaban J connectivity index is 1.95. The molecule has 0 fully saturated rings. The van der Waals surface area contributed by atoms with Crippen molar-refractivity contribution < 1.29 is 14.3 Å². The number of hydrogen-bond acceptors (Lipinski definition) is 2. The third kappa shape index (κ3) is 5.54. The Bertz CT molecular complexity index is 882. The molecule has 0 unspecified atom stereocenters. The van der Waals surface area contributed by atoms with Gasteiger partial charge in [0.1, 0.15) is 5.82 Å². The first-order chi connectivity index (χ1) is 13.1. The second-order valence-electron chi connectivity index (χ2n) is 6.24. The number of nitrogens with zero attached hydrogens (tertiary/aromatic N) is 1. The number of hydrogen-bond donors (Lipinski definition) is 1. The molecule has 0 aliphatic heterocycles. The van der Waals surface area contributed by atoms with E-state index >= 15 is 0 Å². The van der Waals surface area contributed by atoms with Crippen LogP contribution in [0.4, 0.5) is 10.1 Å². The van der Waals surface area contributed by atoms with Crippen molar-refractivity contribution in [2.75, 3.05) is 4.90 Å². The fraction of sp³-hybridized carbons (Fsp3) is 0.0870.